The van der Waals surface area contributed by atoms with Crippen molar-refractivity contribution in [2.24, 2.45) is 17.8 Å². The lowest BCUT2D eigenvalue weighted by Crippen LogP contribution is -2.26. The summed E-state index contributed by atoms with van der Waals surface area (Å²) in [6.07, 6.45) is 7.97. The molecule has 3 atom stereocenters. The van der Waals surface area contributed by atoms with Crippen molar-refractivity contribution in [3.63, 3.8) is 0 Å². The van der Waals surface area contributed by atoms with E-state index in [1.54, 1.807) is 0 Å². The van der Waals surface area contributed by atoms with Crippen molar-refractivity contribution in [3.8, 4) is 0 Å². The molecule has 2 nitrogen and oxygen atoms in total. The first-order valence-electron chi connectivity index (χ1n) is 6.93. The zero-order valence-electron chi connectivity index (χ0n) is 10.7. The van der Waals surface area contributed by atoms with Crippen LogP contribution in [-0.2, 0) is 6.54 Å². The smallest absolute Gasteiger partial charge is 0.0372 e. The summed E-state index contributed by atoms with van der Waals surface area (Å²) in [5.74, 6) is 3.05. The largest absolute Gasteiger partial charge is 0.312 e. The highest BCUT2D eigenvalue weighted by Crippen LogP contribution is 2.47. The molecule has 1 heterocycles. The van der Waals surface area contributed by atoms with Gasteiger partial charge in [-0.1, -0.05) is 12.5 Å². The average molecular weight is 230 g/mol. The summed E-state index contributed by atoms with van der Waals surface area (Å²) < 4.78 is 0. The van der Waals surface area contributed by atoms with E-state index in [1.807, 2.05) is 13.1 Å². The molecule has 2 fully saturated rings. The Hall–Kier alpha value is -0.890. The fraction of sp³-hybridized carbons (Fsp3) is 0.667. The Morgan fingerprint density at radius 2 is 2.24 bits per heavy atom. The maximum absolute atomic E-state index is 4.33. The van der Waals surface area contributed by atoms with Gasteiger partial charge in [0.2, 0.25) is 0 Å². The zero-order chi connectivity index (χ0) is 11.7. The van der Waals surface area contributed by atoms with Crippen molar-refractivity contribution in [3.05, 3.63) is 29.6 Å². The van der Waals surface area contributed by atoms with Gasteiger partial charge in [0, 0.05) is 18.4 Å². The lowest BCUT2D eigenvalue weighted by atomic mass is 9.89. The predicted octanol–water partition coefficient (Wildman–Crippen LogP) is 2.92. The Morgan fingerprint density at radius 3 is 2.88 bits per heavy atom. The molecule has 0 aromatic carbocycles. The first-order chi connectivity index (χ1) is 8.31. The van der Waals surface area contributed by atoms with Crippen LogP contribution in [0.4, 0.5) is 0 Å². The first kappa shape index (κ1) is 11.2. The molecule has 3 unspecified atom stereocenters. The molecule has 2 aliphatic rings. The Morgan fingerprint density at radius 1 is 1.29 bits per heavy atom. The molecule has 0 amide bonds. The molecule has 2 aliphatic carbocycles. The topological polar surface area (TPSA) is 24.9 Å². The molecule has 2 saturated carbocycles. The van der Waals surface area contributed by atoms with Crippen LogP contribution in [-0.4, -0.2) is 11.5 Å². The van der Waals surface area contributed by atoms with Gasteiger partial charge in [0.1, 0.15) is 0 Å². The Bertz CT molecular complexity index is 371. The number of hydrogen-bond donors (Lipinski definition) is 1. The van der Waals surface area contributed by atoms with E-state index in [0.29, 0.717) is 0 Å². The van der Waals surface area contributed by atoms with E-state index in [-0.39, 0.29) is 0 Å². The number of hydrogen-bond acceptors (Lipinski definition) is 2. The Kier molecular flexibility index (Phi) is 3.15. The minimum atomic E-state index is 0.951. The van der Waals surface area contributed by atoms with E-state index in [2.05, 4.69) is 22.4 Å². The fourth-order valence-electron chi connectivity index (χ4n) is 3.63. The van der Waals surface area contributed by atoms with Crippen LogP contribution < -0.4 is 5.32 Å². The molecule has 1 aromatic heterocycles. The van der Waals surface area contributed by atoms with Crippen LogP contribution >= 0.6 is 0 Å². The van der Waals surface area contributed by atoms with Crippen molar-refractivity contribution in [2.45, 2.75) is 39.2 Å². The number of aryl methyl sites for hydroxylation is 1. The highest BCUT2D eigenvalue weighted by atomic mass is 14.9. The van der Waals surface area contributed by atoms with Gasteiger partial charge in [0.15, 0.2) is 0 Å². The minimum Gasteiger partial charge on any atom is -0.312 e. The third-order valence-electron chi connectivity index (χ3n) is 4.59. The second kappa shape index (κ2) is 4.77. The third kappa shape index (κ3) is 2.52. The summed E-state index contributed by atoms with van der Waals surface area (Å²) in [5.41, 5.74) is 2.40. The molecule has 0 saturated heterocycles. The zero-order valence-corrected chi connectivity index (χ0v) is 10.7. The number of nitrogens with zero attached hydrogens (tertiary/aromatic N) is 1. The molecule has 0 aliphatic heterocycles. The lowest BCUT2D eigenvalue weighted by Gasteiger charge is -2.21. The van der Waals surface area contributed by atoms with Crippen LogP contribution in [0.15, 0.2) is 18.3 Å². The highest BCUT2D eigenvalue weighted by molar-refractivity contribution is 5.12. The molecule has 0 spiro atoms. The first-order valence-corrected chi connectivity index (χ1v) is 6.93. The predicted molar refractivity (Wildman–Crippen MR) is 69.6 cm³/mol. The van der Waals surface area contributed by atoms with Crippen LogP contribution in [0.2, 0.25) is 0 Å². The Balaban J connectivity index is 1.45. The van der Waals surface area contributed by atoms with E-state index >= 15 is 0 Å². The molecule has 1 aromatic rings. The number of fused-ring (bicyclic) bond motifs is 2. The monoisotopic (exact) mass is 230 g/mol. The van der Waals surface area contributed by atoms with Crippen molar-refractivity contribution in [1.29, 1.82) is 0 Å². The number of pyridine rings is 1. The second-order valence-corrected chi connectivity index (χ2v) is 5.87. The summed E-state index contributed by atoms with van der Waals surface area (Å²) in [6, 6.07) is 4.27. The van der Waals surface area contributed by atoms with Crippen LogP contribution in [0.3, 0.4) is 0 Å². The van der Waals surface area contributed by atoms with Gasteiger partial charge in [-0.15, -0.1) is 0 Å². The Labute approximate surface area is 104 Å². The van der Waals surface area contributed by atoms with Crippen molar-refractivity contribution in [2.75, 3.05) is 6.54 Å². The van der Waals surface area contributed by atoms with E-state index in [1.165, 1.54) is 37.8 Å². The van der Waals surface area contributed by atoms with Crippen LogP contribution in [0.5, 0.6) is 0 Å². The molecular weight excluding hydrogens is 208 g/mol. The molecule has 17 heavy (non-hydrogen) atoms. The maximum Gasteiger partial charge on any atom is 0.0372 e. The average Bonchev–Trinajstić information content (AvgIpc) is 2.94. The van der Waals surface area contributed by atoms with Crippen molar-refractivity contribution >= 4 is 0 Å². The van der Waals surface area contributed by atoms with Crippen LogP contribution in [0.25, 0.3) is 0 Å². The van der Waals surface area contributed by atoms with Gasteiger partial charge >= 0.3 is 0 Å². The lowest BCUT2D eigenvalue weighted by molar-refractivity contribution is 0.318. The van der Waals surface area contributed by atoms with E-state index in [4.69, 9.17) is 0 Å². The van der Waals surface area contributed by atoms with Gasteiger partial charge in [0.25, 0.3) is 0 Å². The van der Waals surface area contributed by atoms with E-state index in [0.717, 1.165) is 30.0 Å². The summed E-state index contributed by atoms with van der Waals surface area (Å²) >= 11 is 0. The normalized spacial score (nSPS) is 31.0. The van der Waals surface area contributed by atoms with Gasteiger partial charge < -0.3 is 5.32 Å². The van der Waals surface area contributed by atoms with Gasteiger partial charge in [-0.05, 0) is 62.1 Å². The number of nitrogens with one attached hydrogen (secondary N) is 1. The summed E-state index contributed by atoms with van der Waals surface area (Å²) in [6.45, 7) is 4.21. The van der Waals surface area contributed by atoms with E-state index < -0.39 is 0 Å². The molecule has 1 N–H and O–H groups in total. The second-order valence-electron chi connectivity index (χ2n) is 5.87. The van der Waals surface area contributed by atoms with Crippen molar-refractivity contribution < 1.29 is 0 Å². The minimum absolute atomic E-state index is 0.951. The van der Waals surface area contributed by atoms with Crippen molar-refractivity contribution in [1.82, 2.24) is 10.3 Å². The van der Waals surface area contributed by atoms with Crippen LogP contribution in [0.1, 0.15) is 36.9 Å². The van der Waals surface area contributed by atoms with E-state index in [9.17, 15) is 0 Å². The molecule has 3 rings (SSSR count). The fourth-order valence-corrected chi connectivity index (χ4v) is 3.63. The summed E-state index contributed by atoms with van der Waals surface area (Å²) in [4.78, 5) is 4.33. The van der Waals surface area contributed by atoms with Gasteiger partial charge in [0.05, 0.1) is 0 Å². The molecule has 92 valence electrons. The number of aromatic nitrogens is 1. The molecular formula is C15H22N2. The van der Waals surface area contributed by atoms with Gasteiger partial charge in [-0.2, -0.15) is 0 Å². The standard InChI is InChI=1S/C15H22N2/c1-11-2-3-13(9-17-11)8-16-10-15-7-12-4-5-14(15)6-12/h2-3,9,12,14-16H,4-8,10H2,1H3. The SMILES string of the molecule is Cc1ccc(CNCC2CC3CCC2C3)cn1. The maximum atomic E-state index is 4.33. The van der Waals surface area contributed by atoms with Gasteiger partial charge in [-0.3, -0.25) is 4.98 Å². The molecule has 0 radical (unpaired) electrons. The highest BCUT2D eigenvalue weighted by Gasteiger charge is 2.38. The van der Waals surface area contributed by atoms with Crippen LogP contribution in [0, 0.1) is 24.7 Å². The third-order valence-corrected chi connectivity index (χ3v) is 4.59. The molecule has 2 heteroatoms. The quantitative estimate of drug-likeness (QED) is 0.860. The number of rotatable bonds is 4. The summed E-state index contributed by atoms with van der Waals surface area (Å²) in [7, 11) is 0. The summed E-state index contributed by atoms with van der Waals surface area (Å²) in [5, 5.41) is 3.61. The van der Waals surface area contributed by atoms with Gasteiger partial charge in [-0.25, -0.2) is 0 Å². The molecule has 2 bridgehead atoms.